The quantitative estimate of drug-likeness (QED) is 0.266. The van der Waals surface area contributed by atoms with Crippen molar-refractivity contribution in [3.63, 3.8) is 0 Å². The lowest BCUT2D eigenvalue weighted by Crippen LogP contribution is -2.12. The standard InChI is InChI=1S/C25H18ClNO7/c1-14-6-20(32-11-15-2-4-19(5-3-15)27(29)30)10-21-23(14)24(28)22(34-21)9-16-7-18(26)8-17-12-31-13-33-25(16)17/h2-10H,11-13H2,1H3/b22-9-. The van der Waals surface area contributed by atoms with Gasteiger partial charge < -0.3 is 18.9 Å². The highest BCUT2D eigenvalue weighted by Gasteiger charge is 2.31. The van der Waals surface area contributed by atoms with Gasteiger partial charge >= 0.3 is 0 Å². The molecule has 0 radical (unpaired) electrons. The van der Waals surface area contributed by atoms with Crippen molar-refractivity contribution in [1.29, 1.82) is 0 Å². The van der Waals surface area contributed by atoms with E-state index in [1.165, 1.54) is 12.1 Å². The number of ether oxygens (including phenoxy) is 4. The van der Waals surface area contributed by atoms with E-state index >= 15 is 0 Å². The molecule has 9 heteroatoms. The fourth-order valence-corrected chi connectivity index (χ4v) is 4.15. The molecule has 0 unspecified atom stereocenters. The summed E-state index contributed by atoms with van der Waals surface area (Å²) in [5.74, 6) is 1.44. The molecule has 0 N–H and O–H groups in total. The highest BCUT2D eigenvalue weighted by molar-refractivity contribution is 6.31. The molecule has 2 heterocycles. The van der Waals surface area contributed by atoms with Gasteiger partial charge in [0.05, 0.1) is 17.1 Å². The number of halogens is 1. The molecule has 2 aliphatic rings. The minimum Gasteiger partial charge on any atom is -0.489 e. The van der Waals surface area contributed by atoms with Gasteiger partial charge in [-0.15, -0.1) is 0 Å². The smallest absolute Gasteiger partial charge is 0.269 e. The highest BCUT2D eigenvalue weighted by Crippen LogP contribution is 2.39. The average Bonchev–Trinajstić information content (AvgIpc) is 3.13. The van der Waals surface area contributed by atoms with Crippen LogP contribution in [0.15, 0.2) is 54.3 Å². The Morgan fingerprint density at radius 2 is 1.97 bits per heavy atom. The number of hydrogen-bond donors (Lipinski definition) is 0. The van der Waals surface area contributed by atoms with Gasteiger partial charge in [0.15, 0.2) is 12.6 Å². The predicted octanol–water partition coefficient (Wildman–Crippen LogP) is 5.62. The van der Waals surface area contributed by atoms with E-state index in [1.807, 2.05) is 6.92 Å². The van der Waals surface area contributed by atoms with E-state index in [-0.39, 0.29) is 30.6 Å². The number of allylic oxidation sites excluding steroid dienone is 1. The van der Waals surface area contributed by atoms with Gasteiger partial charge in [0, 0.05) is 34.3 Å². The Morgan fingerprint density at radius 1 is 1.18 bits per heavy atom. The molecule has 0 aliphatic carbocycles. The molecular formula is C25H18ClNO7. The highest BCUT2D eigenvalue weighted by atomic mass is 35.5. The number of carbonyl (C=O) groups is 1. The molecule has 5 rings (SSSR count). The SMILES string of the molecule is Cc1cc(OCc2ccc([N+](=O)[O-])cc2)cc2c1C(=O)/C(=C/c1cc(Cl)cc3c1OCOC3)O2. The number of nitro benzene ring substituents is 1. The van der Waals surface area contributed by atoms with Crippen LogP contribution in [0.4, 0.5) is 5.69 Å². The summed E-state index contributed by atoms with van der Waals surface area (Å²) < 4.78 is 22.7. The topological polar surface area (TPSA) is 97.1 Å². The Morgan fingerprint density at radius 3 is 2.74 bits per heavy atom. The first-order valence-corrected chi connectivity index (χ1v) is 10.7. The minimum atomic E-state index is -0.451. The molecule has 0 bridgehead atoms. The van der Waals surface area contributed by atoms with Gasteiger partial charge in [0.25, 0.3) is 5.69 Å². The molecule has 8 nitrogen and oxygen atoms in total. The van der Waals surface area contributed by atoms with Crippen LogP contribution in [0.1, 0.15) is 32.6 Å². The molecule has 0 atom stereocenters. The summed E-state index contributed by atoms with van der Waals surface area (Å²) in [5.41, 5.74) is 3.40. The summed E-state index contributed by atoms with van der Waals surface area (Å²) in [6, 6.07) is 13.0. The second-order valence-electron chi connectivity index (χ2n) is 7.86. The summed E-state index contributed by atoms with van der Waals surface area (Å²) in [7, 11) is 0. The van der Waals surface area contributed by atoms with E-state index in [0.717, 1.165) is 11.1 Å². The summed E-state index contributed by atoms with van der Waals surface area (Å²) >= 11 is 6.23. The Hall–Kier alpha value is -3.88. The second-order valence-corrected chi connectivity index (χ2v) is 8.30. The summed E-state index contributed by atoms with van der Waals surface area (Å²) in [6.45, 7) is 2.51. The monoisotopic (exact) mass is 479 g/mol. The number of hydrogen-bond acceptors (Lipinski definition) is 7. The zero-order valence-electron chi connectivity index (χ0n) is 18.0. The van der Waals surface area contributed by atoms with Crippen molar-refractivity contribution < 1.29 is 28.7 Å². The molecular weight excluding hydrogens is 462 g/mol. The first-order valence-electron chi connectivity index (χ1n) is 10.4. The van der Waals surface area contributed by atoms with E-state index in [0.29, 0.717) is 45.6 Å². The third-order valence-electron chi connectivity index (χ3n) is 5.49. The molecule has 3 aromatic carbocycles. The maximum atomic E-state index is 13.1. The summed E-state index contributed by atoms with van der Waals surface area (Å²) in [4.78, 5) is 23.4. The minimum absolute atomic E-state index is 0.0160. The lowest BCUT2D eigenvalue weighted by Gasteiger charge is -2.20. The number of ketones is 1. The molecule has 34 heavy (non-hydrogen) atoms. The Labute approximate surface area is 199 Å². The zero-order chi connectivity index (χ0) is 23.8. The molecule has 0 saturated heterocycles. The largest absolute Gasteiger partial charge is 0.489 e. The number of nitro groups is 1. The molecule has 0 saturated carbocycles. The third kappa shape index (κ3) is 4.21. The van der Waals surface area contributed by atoms with Gasteiger partial charge in [-0.3, -0.25) is 14.9 Å². The second kappa shape index (κ2) is 8.81. The molecule has 172 valence electrons. The molecule has 3 aromatic rings. The lowest BCUT2D eigenvalue weighted by molar-refractivity contribution is -0.384. The number of aryl methyl sites for hydroxylation is 1. The van der Waals surface area contributed by atoms with E-state index in [1.54, 1.807) is 42.5 Å². The van der Waals surface area contributed by atoms with Crippen LogP contribution in [0, 0.1) is 17.0 Å². The number of Topliss-reactive ketones (excluding diaryl/α,β-unsaturated/α-hetero) is 1. The molecule has 2 aliphatic heterocycles. The van der Waals surface area contributed by atoms with Crippen LogP contribution >= 0.6 is 11.6 Å². The lowest BCUT2D eigenvalue weighted by atomic mass is 10.0. The van der Waals surface area contributed by atoms with E-state index in [4.69, 9.17) is 30.5 Å². The molecule has 0 fully saturated rings. The molecule has 0 spiro atoms. The number of non-ortho nitro benzene ring substituents is 1. The van der Waals surface area contributed by atoms with Crippen molar-refractivity contribution in [3.05, 3.63) is 97.2 Å². The molecule has 0 aromatic heterocycles. The maximum absolute atomic E-state index is 13.1. The van der Waals surface area contributed by atoms with Crippen molar-refractivity contribution in [2.75, 3.05) is 6.79 Å². The van der Waals surface area contributed by atoms with E-state index < -0.39 is 4.92 Å². The first kappa shape index (κ1) is 21.9. The van der Waals surface area contributed by atoms with Gasteiger partial charge in [0.1, 0.15) is 23.9 Å². The number of fused-ring (bicyclic) bond motifs is 2. The van der Waals surface area contributed by atoms with Gasteiger partial charge in [-0.05, 0) is 54.5 Å². The zero-order valence-corrected chi connectivity index (χ0v) is 18.8. The van der Waals surface area contributed by atoms with Crippen molar-refractivity contribution in [3.8, 4) is 17.2 Å². The van der Waals surface area contributed by atoms with Crippen LogP contribution in [-0.2, 0) is 18.0 Å². The first-order chi connectivity index (χ1) is 16.4. The number of nitrogens with zero attached hydrogens (tertiary/aromatic N) is 1. The Balaban J connectivity index is 1.38. The van der Waals surface area contributed by atoms with Gasteiger partial charge in [-0.2, -0.15) is 0 Å². The number of benzene rings is 3. The van der Waals surface area contributed by atoms with Crippen LogP contribution < -0.4 is 14.2 Å². The van der Waals surface area contributed by atoms with Crippen molar-refractivity contribution in [2.45, 2.75) is 20.1 Å². The summed E-state index contributed by atoms with van der Waals surface area (Å²) in [6.07, 6.45) is 1.62. The van der Waals surface area contributed by atoms with Gasteiger partial charge in [0.2, 0.25) is 5.78 Å². The number of rotatable bonds is 5. The van der Waals surface area contributed by atoms with Gasteiger partial charge in [-0.1, -0.05) is 11.6 Å². The van der Waals surface area contributed by atoms with Crippen LogP contribution in [-0.4, -0.2) is 17.5 Å². The number of carbonyl (C=O) groups excluding carboxylic acids is 1. The summed E-state index contributed by atoms with van der Waals surface area (Å²) in [5, 5.41) is 11.3. The van der Waals surface area contributed by atoms with Crippen LogP contribution in [0.2, 0.25) is 5.02 Å². The van der Waals surface area contributed by atoms with Gasteiger partial charge in [-0.25, -0.2) is 0 Å². The van der Waals surface area contributed by atoms with Crippen molar-refractivity contribution in [2.24, 2.45) is 0 Å². The van der Waals surface area contributed by atoms with Crippen molar-refractivity contribution >= 4 is 29.1 Å². The van der Waals surface area contributed by atoms with E-state index in [9.17, 15) is 14.9 Å². The van der Waals surface area contributed by atoms with Crippen LogP contribution in [0.5, 0.6) is 17.2 Å². The third-order valence-corrected chi connectivity index (χ3v) is 5.70. The Bertz CT molecular complexity index is 1350. The normalized spacial score (nSPS) is 15.4. The predicted molar refractivity (Wildman–Crippen MR) is 123 cm³/mol. The molecule has 0 amide bonds. The van der Waals surface area contributed by atoms with Crippen molar-refractivity contribution in [1.82, 2.24) is 0 Å². The Kier molecular flexibility index (Phi) is 5.69. The maximum Gasteiger partial charge on any atom is 0.269 e. The van der Waals surface area contributed by atoms with E-state index in [2.05, 4.69) is 0 Å². The van der Waals surface area contributed by atoms with Crippen LogP contribution in [0.3, 0.4) is 0 Å². The average molecular weight is 480 g/mol. The fourth-order valence-electron chi connectivity index (χ4n) is 3.90. The van der Waals surface area contributed by atoms with Crippen LogP contribution in [0.25, 0.3) is 6.08 Å². The fraction of sp³-hybridized carbons (Fsp3) is 0.160.